The second-order valence-corrected chi connectivity index (χ2v) is 7.00. The van der Waals surface area contributed by atoms with Crippen LogP contribution in [0.5, 0.6) is 5.75 Å². The minimum atomic E-state index is -0.810. The van der Waals surface area contributed by atoms with Crippen LogP contribution in [0.25, 0.3) is 0 Å². The lowest BCUT2D eigenvalue weighted by atomic mass is 10.2. The normalized spacial score (nSPS) is 11.3. The van der Waals surface area contributed by atoms with Crippen LogP contribution in [0.3, 0.4) is 0 Å². The molecule has 0 aliphatic heterocycles. The van der Waals surface area contributed by atoms with Gasteiger partial charge in [-0.2, -0.15) is 0 Å². The van der Waals surface area contributed by atoms with Crippen molar-refractivity contribution >= 4 is 45.9 Å². The number of carbonyl (C=O) groups is 1. The third-order valence-electron chi connectivity index (χ3n) is 4.33. The summed E-state index contributed by atoms with van der Waals surface area (Å²) in [4.78, 5) is 33.1. The maximum atomic E-state index is 12.4. The SMILES string of the molecule is CC(Oc1ccccc1Cl)C(=O)Nc1ccc(Nc2ccc([N+](=O)[O-])cc2[N+](=O)[O-])cc1. The Morgan fingerprint density at radius 1 is 0.969 bits per heavy atom. The Hall–Kier alpha value is -4.18. The van der Waals surface area contributed by atoms with E-state index in [4.69, 9.17) is 16.3 Å². The summed E-state index contributed by atoms with van der Waals surface area (Å²) in [6.45, 7) is 1.59. The Morgan fingerprint density at radius 2 is 1.62 bits per heavy atom. The summed E-state index contributed by atoms with van der Waals surface area (Å²) < 4.78 is 5.58. The summed E-state index contributed by atoms with van der Waals surface area (Å²) in [5.74, 6) is -0.00214. The first kappa shape index (κ1) is 22.5. The van der Waals surface area contributed by atoms with Crippen molar-refractivity contribution < 1.29 is 19.4 Å². The van der Waals surface area contributed by atoms with Crippen LogP contribution in [0.1, 0.15) is 6.92 Å². The lowest BCUT2D eigenvalue weighted by Crippen LogP contribution is -2.30. The molecule has 1 atom stereocenters. The average Bonchev–Trinajstić information content (AvgIpc) is 2.76. The summed E-state index contributed by atoms with van der Waals surface area (Å²) in [7, 11) is 0. The van der Waals surface area contributed by atoms with Gasteiger partial charge in [-0.05, 0) is 49.4 Å². The monoisotopic (exact) mass is 456 g/mol. The molecule has 0 saturated carbocycles. The smallest absolute Gasteiger partial charge is 0.299 e. The van der Waals surface area contributed by atoms with Crippen molar-refractivity contribution in [2.45, 2.75) is 13.0 Å². The number of carbonyl (C=O) groups excluding carboxylic acids is 1. The Labute approximate surface area is 187 Å². The Morgan fingerprint density at radius 3 is 2.25 bits per heavy atom. The molecule has 3 aromatic carbocycles. The molecule has 0 aromatic heterocycles. The highest BCUT2D eigenvalue weighted by atomic mass is 35.5. The van der Waals surface area contributed by atoms with E-state index in [1.54, 1.807) is 55.5 Å². The van der Waals surface area contributed by atoms with Crippen LogP contribution >= 0.6 is 11.6 Å². The van der Waals surface area contributed by atoms with Gasteiger partial charge in [-0.1, -0.05) is 23.7 Å². The number of nitrogens with zero attached hydrogens (tertiary/aromatic N) is 2. The van der Waals surface area contributed by atoms with Crippen molar-refractivity contribution in [2.24, 2.45) is 0 Å². The van der Waals surface area contributed by atoms with Gasteiger partial charge in [0.15, 0.2) is 6.10 Å². The fourth-order valence-corrected chi connectivity index (χ4v) is 2.89. The van der Waals surface area contributed by atoms with Crippen LogP contribution in [-0.2, 0) is 4.79 Å². The first-order valence-corrected chi connectivity index (χ1v) is 9.64. The molecule has 3 aromatic rings. The van der Waals surface area contributed by atoms with Crippen molar-refractivity contribution in [3.63, 3.8) is 0 Å². The molecule has 0 saturated heterocycles. The summed E-state index contributed by atoms with van der Waals surface area (Å²) >= 11 is 6.03. The van der Waals surface area contributed by atoms with Crippen molar-refractivity contribution in [2.75, 3.05) is 10.6 Å². The zero-order valence-corrected chi connectivity index (χ0v) is 17.4. The van der Waals surface area contributed by atoms with Crippen LogP contribution in [0.4, 0.5) is 28.4 Å². The molecule has 0 radical (unpaired) electrons. The number of amides is 1. The molecule has 164 valence electrons. The van der Waals surface area contributed by atoms with Crippen molar-refractivity contribution in [3.8, 4) is 5.75 Å². The van der Waals surface area contributed by atoms with Crippen molar-refractivity contribution in [1.82, 2.24) is 0 Å². The molecule has 32 heavy (non-hydrogen) atoms. The van der Waals surface area contributed by atoms with E-state index < -0.39 is 27.5 Å². The van der Waals surface area contributed by atoms with Crippen molar-refractivity contribution in [3.05, 3.63) is 92.0 Å². The molecule has 1 amide bonds. The number of halogens is 1. The number of non-ortho nitro benzene ring substituents is 1. The van der Waals surface area contributed by atoms with Crippen LogP contribution in [0, 0.1) is 20.2 Å². The molecular weight excluding hydrogens is 440 g/mol. The predicted octanol–water partition coefficient (Wildman–Crippen LogP) is 5.31. The van der Waals surface area contributed by atoms with Gasteiger partial charge in [-0.3, -0.25) is 25.0 Å². The molecule has 3 rings (SSSR count). The number of para-hydroxylation sites is 1. The van der Waals surface area contributed by atoms with Gasteiger partial charge in [0.25, 0.3) is 17.3 Å². The van der Waals surface area contributed by atoms with Crippen LogP contribution in [0.15, 0.2) is 66.7 Å². The minimum Gasteiger partial charge on any atom is -0.479 e. The largest absolute Gasteiger partial charge is 0.479 e. The number of nitrogens with one attached hydrogen (secondary N) is 2. The summed E-state index contributed by atoms with van der Waals surface area (Å²) in [5, 5.41) is 28.0. The number of nitro groups is 2. The van der Waals surface area contributed by atoms with E-state index in [9.17, 15) is 25.0 Å². The highest BCUT2D eigenvalue weighted by Crippen LogP contribution is 2.31. The molecule has 0 aliphatic rings. The van der Waals surface area contributed by atoms with E-state index in [1.807, 2.05) is 0 Å². The molecule has 0 spiro atoms. The van der Waals surface area contributed by atoms with Crippen molar-refractivity contribution in [1.29, 1.82) is 0 Å². The van der Waals surface area contributed by atoms with E-state index in [-0.39, 0.29) is 11.4 Å². The van der Waals surface area contributed by atoms with Crippen LogP contribution < -0.4 is 15.4 Å². The molecule has 0 bridgehead atoms. The summed E-state index contributed by atoms with van der Waals surface area (Å²) in [6.07, 6.45) is -0.810. The first-order valence-electron chi connectivity index (χ1n) is 9.26. The van der Waals surface area contributed by atoms with Gasteiger partial charge in [0.2, 0.25) is 0 Å². The first-order chi connectivity index (χ1) is 15.2. The summed E-state index contributed by atoms with van der Waals surface area (Å²) in [6, 6.07) is 16.5. The van der Waals surface area contributed by atoms with E-state index in [1.165, 1.54) is 12.1 Å². The Balaban J connectivity index is 1.66. The van der Waals surface area contributed by atoms with Gasteiger partial charge in [-0.25, -0.2) is 0 Å². The molecular formula is C21H17ClN4O6. The highest BCUT2D eigenvalue weighted by molar-refractivity contribution is 6.32. The third kappa shape index (κ3) is 5.49. The van der Waals surface area contributed by atoms with Gasteiger partial charge in [0.1, 0.15) is 11.4 Å². The van der Waals surface area contributed by atoms with Crippen LogP contribution in [0.2, 0.25) is 5.02 Å². The van der Waals surface area contributed by atoms with Crippen LogP contribution in [-0.4, -0.2) is 21.9 Å². The fourth-order valence-electron chi connectivity index (χ4n) is 2.71. The fraction of sp³-hybridized carbons (Fsp3) is 0.0952. The van der Waals surface area contributed by atoms with E-state index in [0.717, 1.165) is 6.07 Å². The molecule has 11 heteroatoms. The Kier molecular flexibility index (Phi) is 6.86. The standard InChI is InChI=1S/C21H17ClN4O6/c1-13(32-20-5-3-2-4-17(20)22)21(27)24-15-8-6-14(7-9-15)23-18-11-10-16(25(28)29)12-19(18)26(30)31/h2-13,23H,1H3,(H,24,27). The zero-order valence-electron chi connectivity index (χ0n) is 16.7. The molecule has 1 unspecified atom stereocenters. The molecule has 0 fully saturated rings. The second-order valence-electron chi connectivity index (χ2n) is 6.60. The zero-order chi connectivity index (χ0) is 23.3. The lowest BCUT2D eigenvalue weighted by Gasteiger charge is -2.16. The Bertz CT molecular complexity index is 1170. The van der Waals surface area contributed by atoms with Gasteiger partial charge in [0.05, 0.1) is 20.9 Å². The third-order valence-corrected chi connectivity index (χ3v) is 4.64. The second kappa shape index (κ2) is 9.75. The number of rotatable bonds is 8. The minimum absolute atomic E-state index is 0.0964. The number of hydrogen-bond donors (Lipinski definition) is 2. The quantitative estimate of drug-likeness (QED) is 0.346. The number of nitro benzene ring substituents is 2. The predicted molar refractivity (Wildman–Crippen MR) is 120 cm³/mol. The number of benzene rings is 3. The molecule has 10 nitrogen and oxygen atoms in total. The number of anilines is 3. The lowest BCUT2D eigenvalue weighted by molar-refractivity contribution is -0.393. The maximum Gasteiger partial charge on any atom is 0.299 e. The van der Waals surface area contributed by atoms with E-state index in [0.29, 0.717) is 22.1 Å². The van der Waals surface area contributed by atoms with E-state index in [2.05, 4.69) is 10.6 Å². The van der Waals surface area contributed by atoms with Gasteiger partial charge < -0.3 is 15.4 Å². The maximum absolute atomic E-state index is 12.4. The van der Waals surface area contributed by atoms with Gasteiger partial charge in [0, 0.05) is 17.4 Å². The van der Waals surface area contributed by atoms with Gasteiger partial charge in [-0.15, -0.1) is 0 Å². The number of ether oxygens (including phenoxy) is 1. The number of hydrogen-bond acceptors (Lipinski definition) is 7. The van der Waals surface area contributed by atoms with E-state index >= 15 is 0 Å². The highest BCUT2D eigenvalue weighted by Gasteiger charge is 2.20. The summed E-state index contributed by atoms with van der Waals surface area (Å²) in [5.41, 5.74) is 0.253. The van der Waals surface area contributed by atoms with Gasteiger partial charge >= 0.3 is 0 Å². The molecule has 0 heterocycles. The average molecular weight is 457 g/mol. The molecule has 2 N–H and O–H groups in total. The molecule has 0 aliphatic carbocycles. The topological polar surface area (TPSA) is 137 Å².